The van der Waals surface area contributed by atoms with Gasteiger partial charge in [0.05, 0.1) is 51.8 Å². The number of alkyl halides is 3. The fourth-order valence-electron chi connectivity index (χ4n) is 9.68. The molecule has 316 valence electrons. The fourth-order valence-corrected chi connectivity index (χ4v) is 9.68. The molecule has 7 heterocycles. The number of pyridine rings is 1. The first-order chi connectivity index (χ1) is 27.8. The number of rotatable bonds is 7. The molecule has 59 heavy (non-hydrogen) atoms. The van der Waals surface area contributed by atoms with Crippen molar-refractivity contribution in [3.05, 3.63) is 52.6 Å². The molecule has 19 heteroatoms. The molecule has 2 bridgehead atoms. The van der Waals surface area contributed by atoms with Crippen LogP contribution >= 0.6 is 0 Å². The molecule has 0 spiro atoms. The number of ether oxygens (including phenoxy) is 3. The topological polar surface area (TPSA) is 136 Å². The second kappa shape index (κ2) is 14.5. The number of benzene rings is 1. The zero-order valence-electron chi connectivity index (χ0n) is 32.7. The highest BCUT2D eigenvalue weighted by Crippen LogP contribution is 2.51. The first kappa shape index (κ1) is 40.6. The SMILES string of the molecule is C=C1C[C@@H]2C3CC[C@H](CN2c2nc(OC[C@@]45CCCN4CC(=C(F)F)C5)nc4c(F)c(-c5nc(N)cc(C)c5C(F)(F)F)c(F)c1c24)N3C(=O)OC(C)OC(=O)C(C)C. The van der Waals surface area contributed by atoms with Crippen LogP contribution in [0.3, 0.4) is 0 Å². The molecule has 2 unspecified atom stereocenters. The molecular weight excluding hydrogens is 791 g/mol. The summed E-state index contributed by atoms with van der Waals surface area (Å²) in [6.07, 6.45) is -6.72. The van der Waals surface area contributed by atoms with Gasteiger partial charge in [-0.25, -0.2) is 18.6 Å². The lowest BCUT2D eigenvalue weighted by Gasteiger charge is -2.46. The molecular formula is C40H42F7N7O5. The van der Waals surface area contributed by atoms with Crippen molar-refractivity contribution in [2.45, 2.75) is 102 Å². The van der Waals surface area contributed by atoms with Crippen LogP contribution in [0, 0.1) is 24.5 Å². The first-order valence-electron chi connectivity index (χ1n) is 19.4. The number of amides is 1. The summed E-state index contributed by atoms with van der Waals surface area (Å²) in [5, 5.41) is -0.173. The van der Waals surface area contributed by atoms with Crippen LogP contribution in [-0.4, -0.2) is 93.0 Å². The third-order valence-electron chi connectivity index (χ3n) is 12.3. The van der Waals surface area contributed by atoms with Crippen molar-refractivity contribution in [3.63, 3.8) is 0 Å². The highest BCUT2D eigenvalue weighted by atomic mass is 19.4. The van der Waals surface area contributed by atoms with Gasteiger partial charge in [-0.05, 0) is 69.2 Å². The van der Waals surface area contributed by atoms with E-state index < -0.39 is 112 Å². The predicted molar refractivity (Wildman–Crippen MR) is 200 cm³/mol. The average molecular weight is 834 g/mol. The van der Waals surface area contributed by atoms with Gasteiger partial charge in [-0.3, -0.25) is 14.6 Å². The minimum Gasteiger partial charge on any atom is -0.461 e. The van der Waals surface area contributed by atoms with E-state index in [1.165, 1.54) is 11.8 Å². The van der Waals surface area contributed by atoms with Gasteiger partial charge in [0.15, 0.2) is 5.82 Å². The molecule has 2 N–H and O–H groups in total. The van der Waals surface area contributed by atoms with Gasteiger partial charge >= 0.3 is 24.2 Å². The minimum absolute atomic E-state index is 0.00695. The van der Waals surface area contributed by atoms with Gasteiger partial charge in [-0.15, -0.1) is 0 Å². The zero-order valence-corrected chi connectivity index (χ0v) is 32.7. The molecule has 4 saturated heterocycles. The number of hydrogen-bond acceptors (Lipinski definition) is 11. The Hall–Kier alpha value is -5.20. The van der Waals surface area contributed by atoms with Crippen LogP contribution in [0.15, 0.2) is 24.3 Å². The number of halogens is 7. The lowest BCUT2D eigenvalue weighted by atomic mass is 9.90. The Labute approximate surface area is 334 Å². The number of piperazine rings is 1. The molecule has 1 amide bonds. The van der Waals surface area contributed by atoms with Crippen molar-refractivity contribution in [1.29, 1.82) is 0 Å². The normalized spacial score (nSPS) is 24.4. The van der Waals surface area contributed by atoms with Gasteiger partial charge in [0.2, 0.25) is 6.29 Å². The molecule has 3 aromatic rings. The largest absolute Gasteiger partial charge is 0.461 e. The van der Waals surface area contributed by atoms with Crippen LogP contribution in [-0.2, 0) is 20.4 Å². The van der Waals surface area contributed by atoms with Gasteiger partial charge in [0, 0.05) is 31.1 Å². The van der Waals surface area contributed by atoms with Crippen molar-refractivity contribution in [2.75, 3.05) is 36.9 Å². The van der Waals surface area contributed by atoms with E-state index in [-0.39, 0.29) is 60.5 Å². The molecule has 5 atom stereocenters. The van der Waals surface area contributed by atoms with Crippen molar-refractivity contribution < 1.29 is 54.5 Å². The number of nitrogens with zero attached hydrogens (tertiary/aromatic N) is 6. The van der Waals surface area contributed by atoms with Gasteiger partial charge in [-0.2, -0.15) is 31.9 Å². The molecule has 1 aromatic carbocycles. The molecule has 12 nitrogen and oxygen atoms in total. The van der Waals surface area contributed by atoms with Crippen LogP contribution in [0.1, 0.15) is 76.0 Å². The Morgan fingerprint density at radius 3 is 2.49 bits per heavy atom. The molecule has 5 aliphatic heterocycles. The van der Waals surface area contributed by atoms with E-state index in [0.29, 0.717) is 32.2 Å². The summed E-state index contributed by atoms with van der Waals surface area (Å²) in [5.74, 6) is -4.33. The lowest BCUT2D eigenvalue weighted by Crippen LogP contribution is -2.61. The maximum atomic E-state index is 17.3. The van der Waals surface area contributed by atoms with Gasteiger partial charge in [0.1, 0.15) is 29.6 Å². The third kappa shape index (κ3) is 6.78. The molecule has 0 aliphatic carbocycles. The standard InChI is InChI=1S/C40H42F7N7O5/c1-17(2)36(55)58-20(5)59-38(56)54-22-7-8-23(54)24-11-18(3)26-27-33(31(42)28(30(26)41)32-29(40(45,46)47)19(4)12-25(48)49-32)50-37(51-35(27)53(24)15-22)57-16-39-9-6-10-52(39)14-21(13-39)34(43)44/h12,17,20,22-24H,3,6-11,13-16H2,1-2,4-5H3,(H2,48,49)/t20?,22-,23?,24-,39+/m1/s1. The first-order valence-corrected chi connectivity index (χ1v) is 19.4. The Morgan fingerprint density at radius 1 is 1.05 bits per heavy atom. The Morgan fingerprint density at radius 2 is 1.80 bits per heavy atom. The number of aryl methyl sites for hydroxylation is 1. The maximum absolute atomic E-state index is 17.3. The van der Waals surface area contributed by atoms with E-state index in [4.69, 9.17) is 24.9 Å². The number of carbonyl (C=O) groups excluding carboxylic acids is 2. The van der Waals surface area contributed by atoms with Crippen molar-refractivity contribution in [2.24, 2.45) is 5.92 Å². The summed E-state index contributed by atoms with van der Waals surface area (Å²) in [6, 6.07) is -1.27. The van der Waals surface area contributed by atoms with E-state index in [1.807, 2.05) is 4.90 Å². The van der Waals surface area contributed by atoms with Gasteiger partial charge in [0.25, 0.3) is 6.08 Å². The quantitative estimate of drug-likeness (QED) is 0.142. The number of esters is 1. The number of fused-ring (bicyclic) bond motifs is 6. The lowest BCUT2D eigenvalue weighted by molar-refractivity contribution is -0.170. The van der Waals surface area contributed by atoms with E-state index in [9.17, 15) is 31.5 Å². The Kier molecular flexibility index (Phi) is 9.98. The number of aromatic nitrogens is 3. The maximum Gasteiger partial charge on any atom is 0.418 e. The summed E-state index contributed by atoms with van der Waals surface area (Å²) < 4.78 is 123. The van der Waals surface area contributed by atoms with E-state index >= 15 is 8.78 Å². The third-order valence-corrected chi connectivity index (χ3v) is 12.3. The predicted octanol–water partition coefficient (Wildman–Crippen LogP) is 7.77. The summed E-state index contributed by atoms with van der Waals surface area (Å²) in [6.45, 7) is 10.4. The highest BCUT2D eigenvalue weighted by Gasteiger charge is 2.53. The van der Waals surface area contributed by atoms with Crippen LogP contribution in [0.5, 0.6) is 6.01 Å². The highest BCUT2D eigenvalue weighted by molar-refractivity contribution is 6.04. The van der Waals surface area contributed by atoms with Crippen molar-refractivity contribution >= 4 is 40.2 Å². The fraction of sp³-hybridized carbons (Fsp3) is 0.525. The van der Waals surface area contributed by atoms with E-state index in [0.717, 1.165) is 13.0 Å². The number of carbonyl (C=O) groups is 2. The molecule has 5 aliphatic rings. The average Bonchev–Trinajstić information content (AvgIpc) is 3.78. The molecule has 2 aromatic heterocycles. The Bertz CT molecular complexity index is 2320. The number of nitrogen functional groups attached to an aromatic ring is 1. The monoisotopic (exact) mass is 833 g/mol. The smallest absolute Gasteiger partial charge is 0.418 e. The van der Waals surface area contributed by atoms with Crippen LogP contribution in [0.2, 0.25) is 0 Å². The van der Waals surface area contributed by atoms with Crippen LogP contribution in [0.25, 0.3) is 27.7 Å². The molecule has 0 radical (unpaired) electrons. The minimum atomic E-state index is -5.10. The summed E-state index contributed by atoms with van der Waals surface area (Å²) in [5.41, 5.74) is 0.124. The summed E-state index contributed by atoms with van der Waals surface area (Å²) in [7, 11) is 0. The number of anilines is 2. The molecule has 4 fully saturated rings. The van der Waals surface area contributed by atoms with Crippen molar-refractivity contribution in [3.8, 4) is 17.3 Å². The van der Waals surface area contributed by atoms with Crippen molar-refractivity contribution in [1.82, 2.24) is 24.8 Å². The summed E-state index contributed by atoms with van der Waals surface area (Å²) >= 11 is 0. The van der Waals surface area contributed by atoms with Crippen LogP contribution in [0.4, 0.5) is 47.2 Å². The number of nitrogens with two attached hydrogens (primary N) is 1. The van der Waals surface area contributed by atoms with Crippen LogP contribution < -0.4 is 15.4 Å². The van der Waals surface area contributed by atoms with Gasteiger partial charge < -0.3 is 24.8 Å². The van der Waals surface area contributed by atoms with Gasteiger partial charge in [-0.1, -0.05) is 20.4 Å². The molecule has 0 saturated carbocycles. The Balaban J connectivity index is 1.26. The second-order valence-corrected chi connectivity index (χ2v) is 16.4. The zero-order chi connectivity index (χ0) is 42.5. The summed E-state index contributed by atoms with van der Waals surface area (Å²) in [4.78, 5) is 44.0. The van der Waals surface area contributed by atoms with E-state index in [2.05, 4.69) is 16.5 Å². The van der Waals surface area contributed by atoms with E-state index in [1.54, 1.807) is 18.7 Å². The second-order valence-electron chi connectivity index (χ2n) is 16.4. The molecule has 8 rings (SSSR count). The number of hydrogen-bond donors (Lipinski definition) is 1.